The largest absolute Gasteiger partial charge is 0.466 e. The molecule has 2 heterocycles. The number of ether oxygens (including phenoxy) is 2. The van der Waals surface area contributed by atoms with E-state index in [1.54, 1.807) is 6.92 Å². The molecule has 0 fully saturated rings. The first-order chi connectivity index (χ1) is 18.5. The number of rotatable bonds is 4. The van der Waals surface area contributed by atoms with Crippen molar-refractivity contribution in [1.29, 1.82) is 0 Å². The topological polar surface area (TPSA) is 84.9 Å². The molecule has 7 nitrogen and oxygen atoms in total. The summed E-state index contributed by atoms with van der Waals surface area (Å²) in [5.41, 5.74) is 5.29. The second kappa shape index (κ2) is 8.73. The quantitative estimate of drug-likeness (QED) is 0.511. The number of nitrogens with zero attached hydrogens (tertiary/aromatic N) is 1. The lowest BCUT2D eigenvalue weighted by atomic mass is 9.67. The fourth-order valence-electron chi connectivity index (χ4n) is 6.22. The number of fused-ring (bicyclic) bond motifs is 9. The van der Waals surface area contributed by atoms with E-state index in [2.05, 4.69) is 5.32 Å². The smallest absolute Gasteiger partial charge is 0.355 e. The summed E-state index contributed by atoms with van der Waals surface area (Å²) in [6.45, 7) is 1.78. The maximum Gasteiger partial charge on any atom is 0.355 e. The third-order valence-corrected chi connectivity index (χ3v) is 7.71. The fourth-order valence-corrected chi connectivity index (χ4v) is 6.22. The Balaban J connectivity index is 1.71. The summed E-state index contributed by atoms with van der Waals surface area (Å²) >= 11 is 0. The zero-order valence-electron chi connectivity index (χ0n) is 21.3. The summed E-state index contributed by atoms with van der Waals surface area (Å²) in [6.07, 6.45) is 4.37. The Morgan fingerprint density at radius 3 is 2.13 bits per heavy atom. The Hall–Kier alpha value is -4.65. The highest BCUT2D eigenvalue weighted by Gasteiger charge is 2.62. The van der Waals surface area contributed by atoms with Gasteiger partial charge in [0.15, 0.2) is 0 Å². The van der Waals surface area contributed by atoms with Gasteiger partial charge in [-0.15, -0.1) is 0 Å². The van der Waals surface area contributed by atoms with Gasteiger partial charge in [0.2, 0.25) is 5.91 Å². The minimum atomic E-state index is -1.03. The van der Waals surface area contributed by atoms with Gasteiger partial charge in [-0.3, -0.25) is 4.79 Å². The molecule has 0 radical (unpaired) electrons. The van der Waals surface area contributed by atoms with Gasteiger partial charge < -0.3 is 19.7 Å². The van der Waals surface area contributed by atoms with Crippen LogP contribution in [0.25, 0.3) is 17.2 Å². The Labute approximate surface area is 220 Å². The standard InChI is InChI=1S/C31H26N2O5/c1-4-26(34)32-19-15-13-18-14-16-25-31(22-11-7-5-9-20(22)21-10-6-8-12-23(21)31)27(29(35)37-2)28(30(36)38-3)33(25)24(18)17-19/h5-17,25H,4H2,1-3H3,(H,32,34). The van der Waals surface area contributed by atoms with E-state index in [1.807, 2.05) is 83.8 Å². The molecule has 3 aromatic carbocycles. The van der Waals surface area contributed by atoms with Crippen molar-refractivity contribution in [3.05, 3.63) is 101 Å². The molecule has 38 heavy (non-hydrogen) atoms. The second-order valence-electron chi connectivity index (χ2n) is 9.46. The van der Waals surface area contributed by atoms with E-state index < -0.39 is 23.4 Å². The Morgan fingerprint density at radius 1 is 0.895 bits per heavy atom. The summed E-state index contributed by atoms with van der Waals surface area (Å²) in [5.74, 6) is -1.36. The molecule has 0 saturated carbocycles. The number of nitrogens with one attached hydrogen (secondary N) is 1. The van der Waals surface area contributed by atoms with Crippen LogP contribution in [0.15, 0.2) is 84.1 Å². The van der Waals surface area contributed by atoms with Gasteiger partial charge in [0.1, 0.15) is 5.70 Å². The SMILES string of the molecule is CCC(=O)Nc1ccc2c(c1)N1C(C(=O)OC)=C(C(=O)OC)C3(c4ccccc4-c4ccccc43)C1C=C2. The van der Waals surface area contributed by atoms with Crippen LogP contribution in [0.2, 0.25) is 0 Å². The van der Waals surface area contributed by atoms with Crippen molar-refractivity contribution in [3.63, 3.8) is 0 Å². The van der Waals surface area contributed by atoms with Gasteiger partial charge in [0, 0.05) is 12.1 Å². The highest BCUT2D eigenvalue weighted by Crippen LogP contribution is 2.62. The Morgan fingerprint density at radius 2 is 1.53 bits per heavy atom. The zero-order valence-corrected chi connectivity index (χ0v) is 21.3. The zero-order chi connectivity index (χ0) is 26.6. The molecule has 1 spiro atoms. The molecule has 190 valence electrons. The van der Waals surface area contributed by atoms with Crippen molar-refractivity contribution >= 4 is 35.3 Å². The lowest BCUT2D eigenvalue weighted by Crippen LogP contribution is -2.46. The van der Waals surface area contributed by atoms with Crippen LogP contribution in [-0.2, 0) is 29.3 Å². The van der Waals surface area contributed by atoms with Gasteiger partial charge in [-0.2, -0.15) is 0 Å². The molecule has 3 aromatic rings. The highest BCUT2D eigenvalue weighted by molar-refractivity contribution is 6.11. The van der Waals surface area contributed by atoms with Gasteiger partial charge in [-0.1, -0.05) is 73.7 Å². The molecule has 1 amide bonds. The van der Waals surface area contributed by atoms with E-state index in [1.165, 1.54) is 14.2 Å². The van der Waals surface area contributed by atoms with Gasteiger partial charge in [0.25, 0.3) is 0 Å². The first kappa shape index (κ1) is 23.7. The van der Waals surface area contributed by atoms with Crippen molar-refractivity contribution < 1.29 is 23.9 Å². The van der Waals surface area contributed by atoms with Crippen LogP contribution in [0.1, 0.15) is 30.0 Å². The molecule has 1 unspecified atom stereocenters. The van der Waals surface area contributed by atoms with Gasteiger partial charge in [-0.25, -0.2) is 9.59 Å². The average Bonchev–Trinajstić information content (AvgIpc) is 3.43. The number of carbonyl (C=O) groups excluding carboxylic acids is 3. The molecule has 1 aliphatic carbocycles. The molecule has 0 aromatic heterocycles. The minimum absolute atomic E-state index is 0.122. The third kappa shape index (κ3) is 3.05. The summed E-state index contributed by atoms with van der Waals surface area (Å²) in [4.78, 5) is 41.3. The summed E-state index contributed by atoms with van der Waals surface area (Å²) in [7, 11) is 2.63. The lowest BCUT2D eigenvalue weighted by molar-refractivity contribution is -0.139. The molecule has 2 aliphatic heterocycles. The molecular formula is C31H26N2O5. The Bertz CT molecular complexity index is 1540. The fraction of sp³-hybridized carbons (Fsp3) is 0.194. The van der Waals surface area contributed by atoms with Crippen LogP contribution >= 0.6 is 0 Å². The van der Waals surface area contributed by atoms with Gasteiger partial charge in [0.05, 0.1) is 36.9 Å². The van der Waals surface area contributed by atoms with E-state index in [0.717, 1.165) is 27.8 Å². The molecule has 1 N–H and O–H groups in total. The predicted octanol–water partition coefficient (Wildman–Crippen LogP) is 4.82. The first-order valence-corrected chi connectivity index (χ1v) is 12.5. The third-order valence-electron chi connectivity index (χ3n) is 7.71. The Kier molecular flexibility index (Phi) is 5.45. The van der Waals surface area contributed by atoms with Crippen LogP contribution in [0, 0.1) is 0 Å². The molecule has 6 rings (SSSR count). The maximum absolute atomic E-state index is 13.7. The van der Waals surface area contributed by atoms with Gasteiger partial charge >= 0.3 is 11.9 Å². The molecule has 1 atom stereocenters. The summed E-state index contributed by atoms with van der Waals surface area (Å²) < 4.78 is 10.6. The number of benzene rings is 3. The van der Waals surface area contributed by atoms with Crippen molar-refractivity contribution in [3.8, 4) is 11.1 Å². The second-order valence-corrected chi connectivity index (χ2v) is 9.46. The first-order valence-electron chi connectivity index (χ1n) is 12.5. The van der Waals surface area contributed by atoms with Crippen LogP contribution in [0.5, 0.6) is 0 Å². The highest BCUT2D eigenvalue weighted by atomic mass is 16.5. The molecule has 7 heteroatoms. The van der Waals surface area contributed by atoms with Crippen molar-refractivity contribution in [2.45, 2.75) is 24.8 Å². The number of carbonyl (C=O) groups is 3. The van der Waals surface area contributed by atoms with Crippen LogP contribution in [0.3, 0.4) is 0 Å². The van der Waals surface area contributed by atoms with Crippen LogP contribution in [-0.4, -0.2) is 38.1 Å². The normalized spacial score (nSPS) is 17.4. The molecule has 3 aliphatic rings. The van der Waals surface area contributed by atoms with E-state index in [9.17, 15) is 14.4 Å². The van der Waals surface area contributed by atoms with E-state index in [0.29, 0.717) is 17.8 Å². The number of esters is 2. The number of methoxy groups -OCH3 is 2. The minimum Gasteiger partial charge on any atom is -0.466 e. The van der Waals surface area contributed by atoms with Crippen LogP contribution in [0.4, 0.5) is 11.4 Å². The van der Waals surface area contributed by atoms with E-state index in [-0.39, 0.29) is 17.2 Å². The maximum atomic E-state index is 13.7. The molecule has 0 bridgehead atoms. The summed E-state index contributed by atoms with van der Waals surface area (Å²) in [6, 6.07) is 21.0. The van der Waals surface area contributed by atoms with E-state index in [4.69, 9.17) is 9.47 Å². The predicted molar refractivity (Wildman–Crippen MR) is 144 cm³/mol. The monoisotopic (exact) mass is 506 g/mol. The summed E-state index contributed by atoms with van der Waals surface area (Å²) in [5, 5.41) is 2.90. The van der Waals surface area contributed by atoms with E-state index >= 15 is 0 Å². The number of hydrogen-bond acceptors (Lipinski definition) is 6. The number of amides is 1. The van der Waals surface area contributed by atoms with Crippen molar-refractivity contribution in [2.75, 3.05) is 24.4 Å². The van der Waals surface area contributed by atoms with Gasteiger partial charge in [-0.05, 0) is 39.9 Å². The van der Waals surface area contributed by atoms with Crippen molar-refractivity contribution in [2.24, 2.45) is 0 Å². The average molecular weight is 507 g/mol. The molecular weight excluding hydrogens is 480 g/mol. The molecule has 0 saturated heterocycles. The number of anilines is 2. The lowest BCUT2D eigenvalue weighted by Gasteiger charge is -2.40. The number of hydrogen-bond donors (Lipinski definition) is 1. The van der Waals surface area contributed by atoms with Crippen LogP contribution < -0.4 is 10.2 Å². The van der Waals surface area contributed by atoms with Crippen molar-refractivity contribution in [1.82, 2.24) is 0 Å².